The number of aromatic amines is 1. The van der Waals surface area contributed by atoms with Crippen LogP contribution in [0.5, 0.6) is 5.75 Å². The second kappa shape index (κ2) is 4.88. The molecule has 1 aliphatic rings. The van der Waals surface area contributed by atoms with Crippen LogP contribution in [0.25, 0.3) is 0 Å². The molecule has 3 rings (SSSR count). The number of carbonyl (C=O) groups excluding carboxylic acids is 1. The van der Waals surface area contributed by atoms with Gasteiger partial charge in [-0.2, -0.15) is 5.10 Å². The van der Waals surface area contributed by atoms with E-state index in [0.29, 0.717) is 23.2 Å². The number of nitrogens with zero attached hydrogens (tertiary/aromatic N) is 2. The van der Waals surface area contributed by atoms with E-state index >= 15 is 0 Å². The van der Waals surface area contributed by atoms with Crippen LogP contribution in [0, 0.1) is 0 Å². The molecule has 20 heavy (non-hydrogen) atoms. The van der Waals surface area contributed by atoms with E-state index in [1.54, 1.807) is 25.3 Å². The molecule has 1 saturated carbocycles. The molecule has 6 heteroatoms. The lowest BCUT2D eigenvalue weighted by Gasteiger charge is -2.18. The summed E-state index contributed by atoms with van der Waals surface area (Å²) in [6.45, 7) is 0. The van der Waals surface area contributed by atoms with Crippen molar-refractivity contribution >= 4 is 17.5 Å². The topological polar surface area (TPSA) is 84.2 Å². The van der Waals surface area contributed by atoms with E-state index < -0.39 is 6.03 Å². The molecule has 0 saturated heterocycles. The van der Waals surface area contributed by atoms with Crippen molar-refractivity contribution in [3.63, 3.8) is 0 Å². The van der Waals surface area contributed by atoms with Gasteiger partial charge in [-0.25, -0.2) is 9.69 Å². The van der Waals surface area contributed by atoms with Crippen LogP contribution in [0.4, 0.5) is 16.3 Å². The molecule has 6 nitrogen and oxygen atoms in total. The van der Waals surface area contributed by atoms with Gasteiger partial charge in [0.25, 0.3) is 0 Å². The molecule has 0 radical (unpaired) electrons. The number of nitrogens with one attached hydrogen (secondary N) is 1. The van der Waals surface area contributed by atoms with E-state index in [4.69, 9.17) is 10.5 Å². The van der Waals surface area contributed by atoms with Gasteiger partial charge in [0.1, 0.15) is 5.75 Å². The molecule has 1 aromatic carbocycles. The normalized spacial score (nSPS) is 14.1. The van der Waals surface area contributed by atoms with E-state index in [0.717, 1.165) is 18.5 Å². The summed E-state index contributed by atoms with van der Waals surface area (Å²) in [5.41, 5.74) is 7.17. The van der Waals surface area contributed by atoms with Crippen LogP contribution in [0.15, 0.2) is 30.3 Å². The Hall–Kier alpha value is -2.50. The van der Waals surface area contributed by atoms with Crippen LogP contribution in [-0.4, -0.2) is 23.3 Å². The van der Waals surface area contributed by atoms with Crippen LogP contribution in [0.2, 0.25) is 0 Å². The zero-order chi connectivity index (χ0) is 14.1. The second-order valence-corrected chi connectivity index (χ2v) is 4.83. The molecule has 1 aromatic heterocycles. The van der Waals surface area contributed by atoms with E-state index in [2.05, 4.69) is 10.2 Å². The molecule has 1 heterocycles. The predicted molar refractivity (Wildman–Crippen MR) is 75.3 cm³/mol. The number of rotatable bonds is 4. The second-order valence-electron chi connectivity index (χ2n) is 4.83. The maximum Gasteiger partial charge on any atom is 0.325 e. The number of benzene rings is 1. The monoisotopic (exact) mass is 272 g/mol. The summed E-state index contributed by atoms with van der Waals surface area (Å²) in [6, 6.07) is 8.45. The van der Waals surface area contributed by atoms with Crippen molar-refractivity contribution < 1.29 is 9.53 Å². The van der Waals surface area contributed by atoms with Gasteiger partial charge in [-0.1, -0.05) is 6.07 Å². The fourth-order valence-electron chi connectivity index (χ4n) is 2.17. The molecule has 0 unspecified atom stereocenters. The Morgan fingerprint density at radius 3 is 2.90 bits per heavy atom. The third-order valence-corrected chi connectivity index (χ3v) is 3.36. The molecule has 2 amide bonds. The maximum absolute atomic E-state index is 11.7. The number of H-pyrrole nitrogens is 1. The average molecular weight is 272 g/mol. The zero-order valence-corrected chi connectivity index (χ0v) is 11.2. The first-order valence-corrected chi connectivity index (χ1v) is 6.48. The van der Waals surface area contributed by atoms with E-state index in [1.165, 1.54) is 4.90 Å². The summed E-state index contributed by atoms with van der Waals surface area (Å²) >= 11 is 0. The molecular weight excluding hydrogens is 256 g/mol. The Morgan fingerprint density at radius 2 is 2.25 bits per heavy atom. The smallest absolute Gasteiger partial charge is 0.325 e. The van der Waals surface area contributed by atoms with Crippen molar-refractivity contribution in [1.29, 1.82) is 0 Å². The molecule has 0 spiro atoms. The van der Waals surface area contributed by atoms with Crippen LogP contribution in [0.1, 0.15) is 24.5 Å². The number of primary amides is 1. The first kappa shape index (κ1) is 12.5. The van der Waals surface area contributed by atoms with Crippen LogP contribution in [-0.2, 0) is 0 Å². The highest BCUT2D eigenvalue weighted by atomic mass is 16.5. The van der Waals surface area contributed by atoms with Crippen LogP contribution >= 0.6 is 0 Å². The Labute approximate surface area is 116 Å². The van der Waals surface area contributed by atoms with Crippen molar-refractivity contribution in [2.24, 2.45) is 5.73 Å². The fourth-order valence-corrected chi connectivity index (χ4v) is 2.17. The van der Waals surface area contributed by atoms with Crippen molar-refractivity contribution in [3.05, 3.63) is 36.0 Å². The summed E-state index contributed by atoms with van der Waals surface area (Å²) < 4.78 is 5.17. The Balaban J connectivity index is 1.96. The molecule has 3 N–H and O–H groups in total. The molecule has 0 atom stereocenters. The number of carbonyl (C=O) groups is 1. The van der Waals surface area contributed by atoms with Gasteiger partial charge >= 0.3 is 6.03 Å². The van der Waals surface area contributed by atoms with Gasteiger partial charge in [-0.15, -0.1) is 0 Å². The lowest BCUT2D eigenvalue weighted by molar-refractivity contribution is 0.256. The van der Waals surface area contributed by atoms with E-state index in [9.17, 15) is 4.79 Å². The summed E-state index contributed by atoms with van der Waals surface area (Å²) in [5, 5.41) is 7.16. The van der Waals surface area contributed by atoms with Gasteiger partial charge in [0.2, 0.25) is 0 Å². The third-order valence-electron chi connectivity index (χ3n) is 3.36. The first-order valence-electron chi connectivity index (χ1n) is 6.48. The standard InChI is InChI=1S/C14H16N4O2/c1-20-11-4-2-3-10(7-11)18(14(15)19)13-8-12(16-17-13)9-5-6-9/h2-4,7-9H,5-6H2,1H3,(H2,15,19)(H,16,17). The fraction of sp³-hybridized carbons (Fsp3) is 0.286. The largest absolute Gasteiger partial charge is 0.497 e. The number of nitrogens with two attached hydrogens (primary N) is 1. The number of hydrogen-bond donors (Lipinski definition) is 2. The van der Waals surface area contributed by atoms with Gasteiger partial charge in [0.05, 0.1) is 12.8 Å². The molecule has 1 fully saturated rings. The van der Waals surface area contributed by atoms with Gasteiger partial charge in [0.15, 0.2) is 5.82 Å². The highest BCUT2D eigenvalue weighted by Gasteiger charge is 2.27. The lowest BCUT2D eigenvalue weighted by Crippen LogP contribution is -2.31. The number of aromatic nitrogens is 2. The Bertz CT molecular complexity index is 634. The summed E-state index contributed by atoms with van der Waals surface area (Å²) in [4.78, 5) is 13.1. The van der Waals surface area contributed by atoms with Gasteiger partial charge in [0, 0.05) is 23.7 Å². The highest BCUT2D eigenvalue weighted by molar-refractivity contribution is 5.97. The number of anilines is 2. The average Bonchev–Trinajstić information content (AvgIpc) is 3.19. The van der Waals surface area contributed by atoms with Crippen LogP contribution in [0.3, 0.4) is 0 Å². The minimum absolute atomic E-state index is 0.507. The van der Waals surface area contributed by atoms with Crippen molar-refractivity contribution in [2.45, 2.75) is 18.8 Å². The number of ether oxygens (including phenoxy) is 1. The van der Waals surface area contributed by atoms with E-state index in [-0.39, 0.29) is 0 Å². The zero-order valence-electron chi connectivity index (χ0n) is 11.2. The quantitative estimate of drug-likeness (QED) is 0.896. The number of amides is 2. The molecule has 0 bridgehead atoms. The molecular formula is C14H16N4O2. The number of methoxy groups -OCH3 is 1. The minimum atomic E-state index is -0.577. The van der Waals surface area contributed by atoms with Crippen molar-refractivity contribution in [3.8, 4) is 5.75 Å². The van der Waals surface area contributed by atoms with Gasteiger partial charge < -0.3 is 10.5 Å². The highest BCUT2D eigenvalue weighted by Crippen LogP contribution is 2.40. The summed E-state index contributed by atoms with van der Waals surface area (Å²) in [6.07, 6.45) is 2.33. The predicted octanol–water partition coefficient (Wildman–Crippen LogP) is 2.51. The molecule has 1 aliphatic carbocycles. The first-order chi connectivity index (χ1) is 9.69. The Kier molecular flexibility index (Phi) is 3.06. The molecule has 2 aromatic rings. The number of hydrogen-bond acceptors (Lipinski definition) is 3. The number of urea groups is 1. The third kappa shape index (κ3) is 2.32. The van der Waals surface area contributed by atoms with Gasteiger partial charge in [-0.3, -0.25) is 5.10 Å². The summed E-state index contributed by atoms with van der Waals surface area (Å²) in [5.74, 6) is 1.70. The Morgan fingerprint density at radius 1 is 1.45 bits per heavy atom. The van der Waals surface area contributed by atoms with Gasteiger partial charge in [-0.05, 0) is 25.0 Å². The minimum Gasteiger partial charge on any atom is -0.497 e. The lowest BCUT2D eigenvalue weighted by atomic mass is 10.2. The van der Waals surface area contributed by atoms with Crippen molar-refractivity contribution in [1.82, 2.24) is 10.2 Å². The van der Waals surface area contributed by atoms with Crippen LogP contribution < -0.4 is 15.4 Å². The molecule has 0 aliphatic heterocycles. The molecule has 104 valence electrons. The maximum atomic E-state index is 11.7. The summed E-state index contributed by atoms with van der Waals surface area (Å²) in [7, 11) is 1.58. The van der Waals surface area contributed by atoms with E-state index in [1.807, 2.05) is 12.1 Å². The SMILES string of the molecule is COc1cccc(N(C(N)=O)c2cc(C3CC3)[nH]n2)c1. The van der Waals surface area contributed by atoms with Crippen molar-refractivity contribution in [2.75, 3.05) is 12.0 Å².